The van der Waals surface area contributed by atoms with Crippen molar-refractivity contribution in [3.63, 3.8) is 0 Å². The fourth-order valence-corrected chi connectivity index (χ4v) is 1.19. The van der Waals surface area contributed by atoms with E-state index in [1.165, 1.54) is 12.1 Å². The molecule has 7 heteroatoms. The molecule has 0 heterocycles. The zero-order valence-corrected chi connectivity index (χ0v) is 9.57. The van der Waals surface area contributed by atoms with Gasteiger partial charge in [0.05, 0.1) is 4.90 Å². The van der Waals surface area contributed by atoms with Crippen molar-refractivity contribution in [2.75, 3.05) is 0 Å². The minimum absolute atomic E-state index is 0. The fraction of sp³-hybridized carbons (Fsp3) is 0.100. The van der Waals surface area contributed by atoms with Crippen molar-refractivity contribution < 1.29 is 17.8 Å². The Balaban J connectivity index is 0. The van der Waals surface area contributed by atoms with E-state index in [0.717, 1.165) is 11.6 Å². The van der Waals surface area contributed by atoms with E-state index < -0.39 is 16.0 Å². The van der Waals surface area contributed by atoms with Gasteiger partial charge in [0.25, 0.3) is 10.1 Å². The van der Waals surface area contributed by atoms with Crippen LogP contribution in [-0.4, -0.2) is 48.4 Å². The van der Waals surface area contributed by atoms with Gasteiger partial charge < -0.3 is 5.73 Å². The Hall–Kier alpha value is -0.660. The summed E-state index contributed by atoms with van der Waals surface area (Å²) in [5.74, 6) is -0.481. The second-order valence-electron chi connectivity index (χ2n) is 2.89. The monoisotopic (exact) mass is 267 g/mol. The topological polar surface area (TPSA) is 97.5 Å². The van der Waals surface area contributed by atoms with Crippen LogP contribution in [0.3, 0.4) is 0 Å². The van der Waals surface area contributed by atoms with Gasteiger partial charge in [0.15, 0.2) is 0 Å². The number of primary amides is 1. The van der Waals surface area contributed by atoms with Crippen LogP contribution in [0, 0.1) is 6.92 Å². The van der Waals surface area contributed by atoms with E-state index in [1.54, 1.807) is 12.1 Å². The third-order valence-electron chi connectivity index (χ3n) is 1.52. The van der Waals surface area contributed by atoms with Gasteiger partial charge in [0.2, 0.25) is 5.91 Å². The number of hydrogen-bond donors (Lipinski definition) is 2. The molecule has 1 aromatic rings. The van der Waals surface area contributed by atoms with Crippen LogP contribution in [-0.2, 0) is 14.9 Å². The predicted molar refractivity (Wildman–Crippen MR) is 67.5 cm³/mol. The van der Waals surface area contributed by atoms with Gasteiger partial charge in [0.1, 0.15) is 0 Å². The summed E-state index contributed by atoms with van der Waals surface area (Å²) in [5.41, 5.74) is 5.49. The van der Waals surface area contributed by atoms with Crippen LogP contribution >= 0.6 is 0 Å². The molecular formula is C10H14NNaO4S. The summed E-state index contributed by atoms with van der Waals surface area (Å²) in [5, 5.41) is 0. The summed E-state index contributed by atoms with van der Waals surface area (Å²) >= 11 is 0. The fourth-order valence-electron chi connectivity index (χ4n) is 0.710. The van der Waals surface area contributed by atoms with Gasteiger partial charge in [-0.15, -0.1) is 0 Å². The average molecular weight is 267 g/mol. The van der Waals surface area contributed by atoms with E-state index in [0.29, 0.717) is 0 Å². The van der Waals surface area contributed by atoms with Crippen LogP contribution in [0.4, 0.5) is 0 Å². The zero-order chi connectivity index (χ0) is 12.8. The first kappa shape index (κ1) is 18.7. The van der Waals surface area contributed by atoms with Crippen LogP contribution in [0.25, 0.3) is 0 Å². The van der Waals surface area contributed by atoms with Crippen molar-refractivity contribution >= 4 is 45.6 Å². The molecule has 0 unspecified atom stereocenters. The van der Waals surface area contributed by atoms with Crippen LogP contribution in [0.1, 0.15) is 5.56 Å². The number of carbonyl (C=O) groups excluding carboxylic acids is 1. The van der Waals surface area contributed by atoms with E-state index in [9.17, 15) is 13.2 Å². The molecule has 17 heavy (non-hydrogen) atoms. The zero-order valence-electron chi connectivity index (χ0n) is 8.75. The summed E-state index contributed by atoms with van der Waals surface area (Å²) in [6, 6.07) is 5.99. The molecule has 1 rings (SSSR count). The molecular weight excluding hydrogens is 253 g/mol. The van der Waals surface area contributed by atoms with Gasteiger partial charge in [-0.2, -0.15) is 8.42 Å². The first-order chi connectivity index (χ1) is 7.27. The van der Waals surface area contributed by atoms with Crippen LogP contribution in [0.2, 0.25) is 0 Å². The maximum atomic E-state index is 10.5. The van der Waals surface area contributed by atoms with Gasteiger partial charge in [-0.3, -0.25) is 9.35 Å². The molecule has 0 aliphatic rings. The third kappa shape index (κ3) is 9.08. The van der Waals surface area contributed by atoms with Crippen molar-refractivity contribution in [1.29, 1.82) is 0 Å². The van der Waals surface area contributed by atoms with E-state index in [1.807, 2.05) is 6.92 Å². The van der Waals surface area contributed by atoms with Crippen molar-refractivity contribution in [2.45, 2.75) is 11.8 Å². The molecule has 3 N–H and O–H groups in total. The SMILES string of the molecule is C=CC(N)=O.Cc1ccc(S(=O)(=O)O)cc1.[NaH]. The molecule has 0 saturated heterocycles. The van der Waals surface area contributed by atoms with Crippen molar-refractivity contribution in [3.8, 4) is 0 Å². The molecule has 1 aromatic carbocycles. The molecule has 0 aromatic heterocycles. The Bertz CT molecular complexity index is 468. The van der Waals surface area contributed by atoms with Crippen LogP contribution in [0.5, 0.6) is 0 Å². The number of rotatable bonds is 2. The quantitative estimate of drug-likeness (QED) is 0.456. The Morgan fingerprint density at radius 1 is 1.35 bits per heavy atom. The Kier molecular flexibility index (Phi) is 9.28. The number of hydrogen-bond acceptors (Lipinski definition) is 3. The molecule has 0 radical (unpaired) electrons. The van der Waals surface area contributed by atoms with Gasteiger partial charge in [0, 0.05) is 0 Å². The second-order valence-corrected chi connectivity index (χ2v) is 4.32. The number of aryl methyl sites for hydroxylation is 1. The van der Waals surface area contributed by atoms with Gasteiger partial charge in [-0.1, -0.05) is 24.3 Å². The first-order valence-electron chi connectivity index (χ1n) is 4.23. The number of benzene rings is 1. The molecule has 1 amide bonds. The van der Waals surface area contributed by atoms with Gasteiger partial charge >= 0.3 is 29.6 Å². The molecule has 0 aliphatic heterocycles. The number of amides is 1. The number of nitrogens with two attached hydrogens (primary N) is 1. The average Bonchev–Trinajstić information content (AvgIpc) is 2.18. The van der Waals surface area contributed by atoms with Crippen LogP contribution in [0.15, 0.2) is 41.8 Å². The molecule has 0 saturated carbocycles. The molecule has 0 bridgehead atoms. The van der Waals surface area contributed by atoms with E-state index in [-0.39, 0.29) is 34.5 Å². The van der Waals surface area contributed by atoms with E-state index >= 15 is 0 Å². The molecule has 90 valence electrons. The summed E-state index contributed by atoms with van der Waals surface area (Å²) in [4.78, 5) is 9.41. The van der Waals surface area contributed by atoms with Crippen molar-refractivity contribution in [2.24, 2.45) is 5.73 Å². The standard InChI is InChI=1S/C7H8O3S.C3H5NO.Na.H/c1-6-2-4-7(5-3-6)11(8,9)10;1-2-3(4)5;;/h2-5H,1H3,(H,8,9,10);2H,1H2,(H2,4,5);;. The molecule has 5 nitrogen and oxygen atoms in total. The van der Waals surface area contributed by atoms with Crippen molar-refractivity contribution in [3.05, 3.63) is 42.5 Å². The van der Waals surface area contributed by atoms with Crippen LogP contribution < -0.4 is 5.73 Å². The number of carbonyl (C=O) groups is 1. The Morgan fingerprint density at radius 2 is 1.71 bits per heavy atom. The Morgan fingerprint density at radius 3 is 1.94 bits per heavy atom. The van der Waals surface area contributed by atoms with E-state index in [4.69, 9.17) is 4.55 Å². The van der Waals surface area contributed by atoms with Gasteiger partial charge in [-0.25, -0.2) is 0 Å². The summed E-state index contributed by atoms with van der Waals surface area (Å²) in [6.45, 7) is 4.93. The maximum absolute atomic E-state index is 10.5. The summed E-state index contributed by atoms with van der Waals surface area (Å²) < 4.78 is 29.6. The molecule has 0 aliphatic carbocycles. The predicted octanol–water partition coefficient (Wildman–Crippen LogP) is 0.251. The summed E-state index contributed by atoms with van der Waals surface area (Å²) in [7, 11) is -4.02. The minimum atomic E-state index is -4.02. The first-order valence-corrected chi connectivity index (χ1v) is 5.67. The van der Waals surface area contributed by atoms with Crippen molar-refractivity contribution in [1.82, 2.24) is 0 Å². The molecule has 0 fully saturated rings. The van der Waals surface area contributed by atoms with E-state index in [2.05, 4.69) is 12.3 Å². The third-order valence-corrected chi connectivity index (χ3v) is 2.39. The second kappa shape index (κ2) is 8.43. The summed E-state index contributed by atoms with van der Waals surface area (Å²) in [6.07, 6.45) is 1.06. The molecule has 0 spiro atoms. The van der Waals surface area contributed by atoms with Gasteiger partial charge in [-0.05, 0) is 25.1 Å². The molecule has 0 atom stereocenters. The normalized spacial score (nSPS) is 9.29. The Labute approximate surface area is 123 Å².